The minimum atomic E-state index is -1.03. The molecule has 3 aromatic rings. The number of ether oxygens (including phenoxy) is 1. The third-order valence-corrected chi connectivity index (χ3v) is 7.21. The number of nitrogens with one attached hydrogen (secondary N) is 2. The summed E-state index contributed by atoms with van der Waals surface area (Å²) >= 11 is 4.98. The van der Waals surface area contributed by atoms with Crippen LogP contribution in [0.4, 0.5) is 5.69 Å². The maximum absolute atomic E-state index is 12.8. The summed E-state index contributed by atoms with van der Waals surface area (Å²) in [5.74, 6) is -0.493. The molecule has 1 atom stereocenters. The highest BCUT2D eigenvalue weighted by molar-refractivity contribution is 8.01. The fraction of sp³-hybridized carbons (Fsp3) is 0.391. The van der Waals surface area contributed by atoms with E-state index in [1.807, 2.05) is 12.1 Å². The largest absolute Gasteiger partial charge is 0.460 e. The van der Waals surface area contributed by atoms with E-state index in [0.717, 1.165) is 26.7 Å². The average molecular weight is 506 g/mol. The maximum atomic E-state index is 12.8. The number of aryl methyl sites for hydroxylation is 1. The molecule has 2 amide bonds. The molecule has 0 saturated carbocycles. The van der Waals surface area contributed by atoms with Gasteiger partial charge < -0.3 is 15.4 Å². The first-order valence-corrected chi connectivity index (χ1v) is 13.2. The van der Waals surface area contributed by atoms with Gasteiger partial charge in [0.2, 0.25) is 11.8 Å². The fourth-order valence-corrected chi connectivity index (χ4v) is 5.84. The van der Waals surface area contributed by atoms with Gasteiger partial charge in [0.05, 0.1) is 16.6 Å². The van der Waals surface area contributed by atoms with Crippen LogP contribution in [0.1, 0.15) is 39.7 Å². The van der Waals surface area contributed by atoms with Crippen molar-refractivity contribution in [2.45, 2.75) is 56.5 Å². The molecular weight excluding hydrogens is 478 g/mol. The van der Waals surface area contributed by atoms with Gasteiger partial charge in [0.1, 0.15) is 11.6 Å². The zero-order chi connectivity index (χ0) is 24.0. The van der Waals surface area contributed by atoms with Gasteiger partial charge in [0, 0.05) is 18.4 Å². The lowest BCUT2D eigenvalue weighted by Gasteiger charge is -2.22. The number of nitrogens with zero attached hydrogens (tertiary/aromatic N) is 1. The number of anilines is 1. The molecule has 176 valence electrons. The van der Waals surface area contributed by atoms with Gasteiger partial charge in [-0.3, -0.25) is 14.4 Å². The second kappa shape index (κ2) is 11.1. The van der Waals surface area contributed by atoms with Gasteiger partial charge >= 0.3 is 5.97 Å². The minimum Gasteiger partial charge on any atom is -0.460 e. The Morgan fingerprint density at radius 3 is 2.67 bits per heavy atom. The van der Waals surface area contributed by atoms with Crippen molar-refractivity contribution in [3.05, 3.63) is 40.6 Å². The van der Waals surface area contributed by atoms with E-state index < -0.39 is 29.4 Å². The Hall–Kier alpha value is -2.43. The molecule has 0 bridgehead atoms. The summed E-state index contributed by atoms with van der Waals surface area (Å²) < 4.78 is 7.22. The number of aromatic nitrogens is 1. The molecule has 1 aromatic carbocycles. The van der Waals surface area contributed by atoms with Crippen molar-refractivity contribution >= 4 is 68.1 Å². The predicted octanol–water partition coefficient (Wildman–Crippen LogP) is 4.87. The second-order valence-corrected chi connectivity index (χ2v) is 11.6. The highest BCUT2D eigenvalue weighted by Gasteiger charge is 2.26. The average Bonchev–Trinajstić information content (AvgIpc) is 3.34. The van der Waals surface area contributed by atoms with Crippen LogP contribution in [-0.2, 0) is 25.5 Å². The fourth-order valence-electron chi connectivity index (χ4n) is 2.97. The molecule has 3 rings (SSSR count). The summed E-state index contributed by atoms with van der Waals surface area (Å²) in [7, 11) is 0. The molecule has 0 aliphatic rings. The van der Waals surface area contributed by atoms with E-state index in [0.29, 0.717) is 5.69 Å². The molecule has 0 fully saturated rings. The standard InChI is InChI=1S/C23H27N3O4S3/c1-14(27)24-18(12-20(28)30-23(2,3)4)21(29)25-16-5-6-17-19(11-16)33-22(26-17)32-10-8-15-7-9-31-13-15/h5-7,9,11,13,18H,8,10,12H2,1-4H3,(H,24,27)(H,25,29). The Morgan fingerprint density at radius 1 is 1.21 bits per heavy atom. The summed E-state index contributed by atoms with van der Waals surface area (Å²) in [5, 5.41) is 9.56. The maximum Gasteiger partial charge on any atom is 0.308 e. The summed E-state index contributed by atoms with van der Waals surface area (Å²) in [6.45, 7) is 6.54. The van der Waals surface area contributed by atoms with Crippen LogP contribution in [0, 0.1) is 0 Å². The topological polar surface area (TPSA) is 97.4 Å². The Bertz CT molecular complexity index is 1120. The number of hydrogen-bond donors (Lipinski definition) is 2. The molecule has 1 unspecified atom stereocenters. The lowest BCUT2D eigenvalue weighted by Crippen LogP contribution is -2.45. The van der Waals surface area contributed by atoms with Crippen LogP contribution in [0.2, 0.25) is 0 Å². The first kappa shape index (κ1) is 25.2. The third kappa shape index (κ3) is 8.13. The van der Waals surface area contributed by atoms with E-state index in [1.54, 1.807) is 61.3 Å². The van der Waals surface area contributed by atoms with Crippen molar-refractivity contribution in [3.8, 4) is 0 Å². The van der Waals surface area contributed by atoms with Crippen molar-refractivity contribution < 1.29 is 19.1 Å². The molecule has 2 aromatic heterocycles. The molecule has 10 heteroatoms. The van der Waals surface area contributed by atoms with Gasteiger partial charge in [0.25, 0.3) is 0 Å². The van der Waals surface area contributed by atoms with E-state index >= 15 is 0 Å². The van der Waals surface area contributed by atoms with Crippen molar-refractivity contribution in [2.75, 3.05) is 11.1 Å². The number of fused-ring (bicyclic) bond motifs is 1. The molecule has 0 spiro atoms. The first-order chi connectivity index (χ1) is 15.6. The molecule has 0 saturated heterocycles. The van der Waals surface area contributed by atoms with E-state index in [2.05, 4.69) is 32.4 Å². The van der Waals surface area contributed by atoms with Gasteiger partial charge in [-0.15, -0.1) is 11.3 Å². The van der Waals surface area contributed by atoms with Crippen LogP contribution in [-0.4, -0.2) is 40.2 Å². The highest BCUT2D eigenvalue weighted by Crippen LogP contribution is 2.31. The summed E-state index contributed by atoms with van der Waals surface area (Å²) in [6.07, 6.45) is 0.740. The van der Waals surface area contributed by atoms with E-state index in [4.69, 9.17) is 4.74 Å². The Labute approximate surface area is 205 Å². The van der Waals surface area contributed by atoms with Crippen molar-refractivity contribution in [1.82, 2.24) is 10.3 Å². The van der Waals surface area contributed by atoms with E-state index in [9.17, 15) is 14.4 Å². The SMILES string of the molecule is CC(=O)NC(CC(=O)OC(C)(C)C)C(=O)Nc1ccc2nc(SCCc3ccsc3)sc2c1. The number of hydrogen-bond acceptors (Lipinski definition) is 8. The van der Waals surface area contributed by atoms with Crippen molar-refractivity contribution in [1.29, 1.82) is 0 Å². The predicted molar refractivity (Wildman–Crippen MR) is 135 cm³/mol. The number of rotatable bonds is 9. The monoisotopic (exact) mass is 505 g/mol. The zero-order valence-corrected chi connectivity index (χ0v) is 21.4. The Balaban J connectivity index is 1.63. The molecule has 0 radical (unpaired) electrons. The molecule has 7 nitrogen and oxygen atoms in total. The number of carbonyl (C=O) groups excluding carboxylic acids is 3. The minimum absolute atomic E-state index is 0.254. The van der Waals surface area contributed by atoms with Crippen molar-refractivity contribution in [3.63, 3.8) is 0 Å². The van der Waals surface area contributed by atoms with Crippen LogP contribution >= 0.6 is 34.4 Å². The van der Waals surface area contributed by atoms with Gasteiger partial charge in [-0.2, -0.15) is 11.3 Å². The number of amides is 2. The Kier molecular flexibility index (Phi) is 8.50. The number of thioether (sulfide) groups is 1. The molecule has 2 N–H and O–H groups in total. The highest BCUT2D eigenvalue weighted by atomic mass is 32.2. The van der Waals surface area contributed by atoms with Crippen molar-refractivity contribution in [2.24, 2.45) is 0 Å². The summed E-state index contributed by atoms with van der Waals surface area (Å²) in [6, 6.07) is 6.57. The number of thiazole rings is 1. The van der Waals surface area contributed by atoms with Crippen LogP contribution in [0.15, 0.2) is 39.4 Å². The van der Waals surface area contributed by atoms with Gasteiger partial charge in [0.15, 0.2) is 4.34 Å². The molecular formula is C23H27N3O4S3. The quantitative estimate of drug-likeness (QED) is 0.318. The third-order valence-electron chi connectivity index (χ3n) is 4.32. The number of esters is 1. The first-order valence-electron chi connectivity index (χ1n) is 10.4. The van der Waals surface area contributed by atoms with Gasteiger partial charge in [-0.05, 0) is 67.8 Å². The van der Waals surface area contributed by atoms with E-state index in [1.165, 1.54) is 12.5 Å². The molecule has 0 aliphatic carbocycles. The smallest absolute Gasteiger partial charge is 0.308 e. The van der Waals surface area contributed by atoms with Crippen LogP contribution in [0.5, 0.6) is 0 Å². The lowest BCUT2D eigenvalue weighted by atomic mass is 10.1. The lowest BCUT2D eigenvalue weighted by molar-refractivity contribution is -0.156. The normalized spacial score (nSPS) is 12.4. The summed E-state index contributed by atoms with van der Waals surface area (Å²) in [5.41, 5.74) is 2.10. The molecule has 0 aliphatic heterocycles. The Morgan fingerprint density at radius 2 is 2.00 bits per heavy atom. The van der Waals surface area contributed by atoms with Crippen LogP contribution in [0.25, 0.3) is 10.2 Å². The van der Waals surface area contributed by atoms with Gasteiger partial charge in [-0.25, -0.2) is 4.98 Å². The van der Waals surface area contributed by atoms with Crippen LogP contribution < -0.4 is 10.6 Å². The second-order valence-electron chi connectivity index (χ2n) is 8.43. The summed E-state index contributed by atoms with van der Waals surface area (Å²) in [4.78, 5) is 41.2. The number of benzene rings is 1. The van der Waals surface area contributed by atoms with E-state index in [-0.39, 0.29) is 6.42 Å². The van der Waals surface area contributed by atoms with Crippen LogP contribution in [0.3, 0.4) is 0 Å². The zero-order valence-electron chi connectivity index (χ0n) is 19.0. The number of thiophene rings is 1. The number of carbonyl (C=O) groups is 3. The molecule has 33 heavy (non-hydrogen) atoms. The molecule has 2 heterocycles. The van der Waals surface area contributed by atoms with Gasteiger partial charge in [-0.1, -0.05) is 11.8 Å².